The topological polar surface area (TPSA) is 88.5 Å². The molecular formula is C20H24N4O4. The molecule has 0 amide bonds. The summed E-state index contributed by atoms with van der Waals surface area (Å²) in [5.41, 5.74) is 6.24. The normalized spacial score (nSPS) is 18.6. The summed E-state index contributed by atoms with van der Waals surface area (Å²) in [6, 6.07) is 0. The van der Waals surface area contributed by atoms with E-state index < -0.39 is 12.6 Å². The van der Waals surface area contributed by atoms with Crippen LogP contribution < -0.4 is 0 Å². The summed E-state index contributed by atoms with van der Waals surface area (Å²) in [7, 11) is 0. The Morgan fingerprint density at radius 3 is 1.29 bits per heavy atom. The molecule has 0 bridgehead atoms. The average Bonchev–Trinajstić information content (AvgIpc) is 3.38. The first kappa shape index (κ1) is 19.1. The molecule has 148 valence electrons. The van der Waals surface area contributed by atoms with Gasteiger partial charge in [0, 0.05) is 0 Å². The second-order valence-electron chi connectivity index (χ2n) is 6.81. The van der Waals surface area contributed by atoms with Crippen LogP contribution in [0.2, 0.25) is 0 Å². The quantitative estimate of drug-likeness (QED) is 0.795. The lowest BCUT2D eigenvalue weighted by molar-refractivity contribution is -0.0483. The molecule has 0 saturated carbocycles. The van der Waals surface area contributed by atoms with Gasteiger partial charge >= 0.3 is 0 Å². The Morgan fingerprint density at radius 2 is 0.929 bits per heavy atom. The molecule has 0 N–H and O–H groups in total. The van der Waals surface area contributed by atoms with Gasteiger partial charge in [0.1, 0.15) is 11.4 Å². The number of ether oxygens (including phenoxy) is 4. The maximum atomic E-state index is 5.54. The maximum absolute atomic E-state index is 5.54. The minimum atomic E-state index is -0.424. The summed E-state index contributed by atoms with van der Waals surface area (Å²) < 4.78 is 22.2. The highest BCUT2D eigenvalue weighted by Gasteiger charge is 2.24. The summed E-state index contributed by atoms with van der Waals surface area (Å²) in [6.07, 6.45) is 2.97. The van der Waals surface area contributed by atoms with E-state index in [1.165, 1.54) is 0 Å². The molecule has 8 heteroatoms. The largest absolute Gasteiger partial charge is 0.345 e. The zero-order chi connectivity index (χ0) is 19.7. The molecule has 0 aromatic carbocycles. The van der Waals surface area contributed by atoms with Crippen LogP contribution in [-0.4, -0.2) is 46.4 Å². The highest BCUT2D eigenvalue weighted by Crippen LogP contribution is 2.26. The van der Waals surface area contributed by atoms with E-state index >= 15 is 0 Å². The Kier molecular flexibility index (Phi) is 5.45. The minimum absolute atomic E-state index is 0.424. The van der Waals surface area contributed by atoms with Gasteiger partial charge in [0.25, 0.3) is 0 Å². The first-order valence-electron chi connectivity index (χ1n) is 9.37. The van der Waals surface area contributed by atoms with Crippen molar-refractivity contribution in [2.24, 2.45) is 0 Å². The highest BCUT2D eigenvalue weighted by atomic mass is 16.7. The lowest BCUT2D eigenvalue weighted by atomic mass is 10.2. The number of nitrogens with zero attached hydrogens (tertiary/aromatic N) is 4. The van der Waals surface area contributed by atoms with Crippen molar-refractivity contribution in [1.82, 2.24) is 19.9 Å². The number of aryl methyl sites for hydroxylation is 4. The van der Waals surface area contributed by atoms with Crippen molar-refractivity contribution in [3.63, 3.8) is 0 Å². The lowest BCUT2D eigenvalue weighted by Gasteiger charge is -2.13. The van der Waals surface area contributed by atoms with Crippen LogP contribution in [-0.2, 0) is 18.9 Å². The van der Waals surface area contributed by atoms with Gasteiger partial charge in [-0.3, -0.25) is 0 Å². The summed E-state index contributed by atoms with van der Waals surface area (Å²) in [5.74, 6) is 0. The molecule has 2 aliphatic rings. The second kappa shape index (κ2) is 8.00. The van der Waals surface area contributed by atoms with Crippen molar-refractivity contribution in [1.29, 1.82) is 0 Å². The number of hydrogen-bond donors (Lipinski definition) is 0. The Balaban J connectivity index is 1.58. The van der Waals surface area contributed by atoms with Gasteiger partial charge in [0.05, 0.1) is 60.6 Å². The van der Waals surface area contributed by atoms with Crippen LogP contribution in [0.3, 0.4) is 0 Å². The third-order valence-electron chi connectivity index (χ3n) is 4.72. The van der Waals surface area contributed by atoms with Gasteiger partial charge in [-0.15, -0.1) is 0 Å². The van der Waals surface area contributed by atoms with Gasteiger partial charge < -0.3 is 18.9 Å². The SMILES string of the molecule is Cc1nc(C2OCCO2)c(C)nc1/C=C/c1nc(C)c(C2OCCO2)nc1C. The second-order valence-corrected chi connectivity index (χ2v) is 6.81. The van der Waals surface area contributed by atoms with E-state index in [1.54, 1.807) is 0 Å². The van der Waals surface area contributed by atoms with Crippen LogP contribution in [0.25, 0.3) is 12.2 Å². The van der Waals surface area contributed by atoms with E-state index in [4.69, 9.17) is 18.9 Å². The van der Waals surface area contributed by atoms with Crippen molar-refractivity contribution in [3.8, 4) is 0 Å². The zero-order valence-corrected chi connectivity index (χ0v) is 16.6. The van der Waals surface area contributed by atoms with Gasteiger partial charge in [-0.25, -0.2) is 19.9 Å². The van der Waals surface area contributed by atoms with Gasteiger partial charge in [0.15, 0.2) is 0 Å². The number of aromatic nitrogens is 4. The van der Waals surface area contributed by atoms with Gasteiger partial charge in [-0.1, -0.05) is 0 Å². The molecule has 4 heterocycles. The van der Waals surface area contributed by atoms with Crippen molar-refractivity contribution in [2.45, 2.75) is 40.3 Å². The average molecular weight is 384 g/mol. The fourth-order valence-corrected chi connectivity index (χ4v) is 3.23. The molecule has 4 rings (SSSR count). The molecule has 8 nitrogen and oxygen atoms in total. The van der Waals surface area contributed by atoms with Crippen molar-refractivity contribution in [3.05, 3.63) is 45.6 Å². The van der Waals surface area contributed by atoms with E-state index in [2.05, 4.69) is 19.9 Å². The number of hydrogen-bond acceptors (Lipinski definition) is 8. The lowest BCUT2D eigenvalue weighted by Crippen LogP contribution is -2.09. The predicted octanol–water partition coefficient (Wildman–Crippen LogP) is 2.76. The minimum Gasteiger partial charge on any atom is -0.345 e. The van der Waals surface area contributed by atoms with E-state index in [0.29, 0.717) is 26.4 Å². The van der Waals surface area contributed by atoms with Crippen LogP contribution in [0, 0.1) is 27.7 Å². The highest BCUT2D eigenvalue weighted by molar-refractivity contribution is 5.68. The Labute approximate surface area is 163 Å². The fourth-order valence-electron chi connectivity index (χ4n) is 3.23. The first-order chi connectivity index (χ1) is 13.5. The molecule has 28 heavy (non-hydrogen) atoms. The molecule has 2 aromatic rings. The molecule has 0 spiro atoms. The molecule has 2 aromatic heterocycles. The molecule has 2 saturated heterocycles. The van der Waals surface area contributed by atoms with Crippen LogP contribution >= 0.6 is 0 Å². The van der Waals surface area contributed by atoms with Crippen LogP contribution in [0.4, 0.5) is 0 Å². The van der Waals surface area contributed by atoms with Gasteiger partial charge in [0.2, 0.25) is 12.6 Å². The van der Waals surface area contributed by atoms with Gasteiger partial charge in [-0.05, 0) is 39.8 Å². The molecule has 0 aliphatic carbocycles. The van der Waals surface area contributed by atoms with Crippen molar-refractivity contribution in [2.75, 3.05) is 26.4 Å². The standard InChI is InChI=1S/C20H24N4O4/c1-11-15(21-13(3)17(23-11)19-25-7-8-26-19)5-6-16-12(2)24-18(14(4)22-16)20-27-9-10-28-20/h5-6,19-20H,7-10H2,1-4H3/b6-5+. The van der Waals surface area contributed by atoms with Crippen molar-refractivity contribution < 1.29 is 18.9 Å². The van der Waals surface area contributed by atoms with Gasteiger partial charge in [-0.2, -0.15) is 0 Å². The van der Waals surface area contributed by atoms with Crippen LogP contribution in [0.1, 0.15) is 58.1 Å². The van der Waals surface area contributed by atoms with E-state index in [9.17, 15) is 0 Å². The Morgan fingerprint density at radius 1 is 0.571 bits per heavy atom. The number of rotatable bonds is 4. The summed E-state index contributed by atoms with van der Waals surface area (Å²) in [6.45, 7) is 9.99. The first-order valence-corrected chi connectivity index (χ1v) is 9.37. The third kappa shape index (κ3) is 3.81. The summed E-state index contributed by atoms with van der Waals surface area (Å²) in [5, 5.41) is 0. The molecule has 0 unspecified atom stereocenters. The van der Waals surface area contributed by atoms with Crippen LogP contribution in [0.5, 0.6) is 0 Å². The van der Waals surface area contributed by atoms with E-state index in [0.717, 1.165) is 45.6 Å². The molecule has 0 atom stereocenters. The maximum Gasteiger partial charge on any atom is 0.203 e. The van der Waals surface area contributed by atoms with Crippen molar-refractivity contribution >= 4 is 12.2 Å². The Hall–Kier alpha value is -2.26. The smallest absolute Gasteiger partial charge is 0.203 e. The monoisotopic (exact) mass is 384 g/mol. The Bertz CT molecular complexity index is 830. The van der Waals surface area contributed by atoms with E-state index in [-0.39, 0.29) is 0 Å². The molecular weight excluding hydrogens is 360 g/mol. The summed E-state index contributed by atoms with van der Waals surface area (Å²) in [4.78, 5) is 18.6. The van der Waals surface area contributed by atoms with Crippen LogP contribution in [0.15, 0.2) is 0 Å². The van der Waals surface area contributed by atoms with E-state index in [1.807, 2.05) is 39.8 Å². The predicted molar refractivity (Wildman–Crippen MR) is 101 cm³/mol. The molecule has 2 aliphatic heterocycles. The zero-order valence-electron chi connectivity index (χ0n) is 16.6. The molecule has 2 fully saturated rings. The third-order valence-corrected chi connectivity index (χ3v) is 4.72. The fraction of sp³-hybridized carbons (Fsp3) is 0.500. The molecule has 0 radical (unpaired) electrons. The summed E-state index contributed by atoms with van der Waals surface area (Å²) >= 11 is 0.